The van der Waals surface area contributed by atoms with Gasteiger partial charge in [0.2, 0.25) is 11.7 Å². The maximum Gasteiger partial charge on any atom is 0.309 e. The summed E-state index contributed by atoms with van der Waals surface area (Å²) in [5, 5.41) is 0. The highest BCUT2D eigenvalue weighted by Crippen LogP contribution is 2.34. The van der Waals surface area contributed by atoms with Crippen LogP contribution in [0.2, 0.25) is 0 Å². The van der Waals surface area contributed by atoms with Crippen molar-refractivity contribution in [2.24, 2.45) is 0 Å². The van der Waals surface area contributed by atoms with Crippen molar-refractivity contribution in [1.82, 2.24) is 4.90 Å². The van der Waals surface area contributed by atoms with Crippen molar-refractivity contribution in [2.45, 2.75) is 25.5 Å². The lowest BCUT2D eigenvalue weighted by atomic mass is 9.93. The molecule has 1 aliphatic heterocycles. The standard InChI is InChI=1S/C27H23NO4/c1-19(29)28-17-16-20-10-8-9-15-23(20)24(28)18-25(30)32-27(22-13-6-3-7-14-22)26(31)21-11-4-2-5-12-21/h2-17,24,27H,18H2,1H3. The van der Waals surface area contributed by atoms with E-state index < -0.39 is 18.1 Å². The first-order valence-corrected chi connectivity index (χ1v) is 10.4. The summed E-state index contributed by atoms with van der Waals surface area (Å²) >= 11 is 0. The van der Waals surface area contributed by atoms with Crippen LogP contribution in [-0.2, 0) is 14.3 Å². The van der Waals surface area contributed by atoms with Crippen LogP contribution in [0.5, 0.6) is 0 Å². The average Bonchev–Trinajstić information content (AvgIpc) is 2.83. The number of carbonyl (C=O) groups excluding carboxylic acids is 3. The Morgan fingerprint density at radius 3 is 2.19 bits per heavy atom. The largest absolute Gasteiger partial charge is 0.449 e. The summed E-state index contributed by atoms with van der Waals surface area (Å²) < 4.78 is 5.75. The van der Waals surface area contributed by atoms with Gasteiger partial charge in [-0.15, -0.1) is 0 Å². The molecule has 2 unspecified atom stereocenters. The van der Waals surface area contributed by atoms with Crippen LogP contribution in [0.3, 0.4) is 0 Å². The Hall–Kier alpha value is -3.99. The predicted octanol–water partition coefficient (Wildman–Crippen LogP) is 5.12. The minimum atomic E-state index is -1.06. The Kier molecular flexibility index (Phi) is 6.26. The van der Waals surface area contributed by atoms with E-state index in [9.17, 15) is 14.4 Å². The lowest BCUT2D eigenvalue weighted by Crippen LogP contribution is -2.33. The van der Waals surface area contributed by atoms with Gasteiger partial charge < -0.3 is 9.64 Å². The maximum atomic E-state index is 13.2. The molecule has 4 rings (SSSR count). The van der Waals surface area contributed by atoms with Gasteiger partial charge in [0, 0.05) is 24.3 Å². The molecule has 0 radical (unpaired) electrons. The second-order valence-electron chi connectivity index (χ2n) is 7.60. The highest BCUT2D eigenvalue weighted by Gasteiger charge is 2.32. The van der Waals surface area contributed by atoms with Crippen LogP contribution in [0.1, 0.15) is 52.5 Å². The first-order valence-electron chi connectivity index (χ1n) is 10.4. The fraction of sp³-hybridized carbons (Fsp3) is 0.148. The molecule has 160 valence electrons. The van der Waals surface area contributed by atoms with Gasteiger partial charge in [-0.3, -0.25) is 14.4 Å². The van der Waals surface area contributed by atoms with Crippen molar-refractivity contribution >= 4 is 23.7 Å². The van der Waals surface area contributed by atoms with Crippen molar-refractivity contribution in [1.29, 1.82) is 0 Å². The van der Waals surface area contributed by atoms with Crippen molar-refractivity contribution in [2.75, 3.05) is 0 Å². The molecule has 0 aromatic heterocycles. The van der Waals surface area contributed by atoms with E-state index in [0.29, 0.717) is 11.1 Å². The molecule has 1 aliphatic rings. The average molecular weight is 425 g/mol. The molecule has 0 bridgehead atoms. The zero-order chi connectivity index (χ0) is 22.5. The Morgan fingerprint density at radius 2 is 1.50 bits per heavy atom. The third-order valence-electron chi connectivity index (χ3n) is 5.48. The number of fused-ring (bicyclic) bond motifs is 1. The molecule has 0 saturated carbocycles. The van der Waals surface area contributed by atoms with Crippen molar-refractivity contribution in [3.8, 4) is 0 Å². The second-order valence-corrected chi connectivity index (χ2v) is 7.60. The number of nitrogens with zero attached hydrogens (tertiary/aromatic N) is 1. The van der Waals surface area contributed by atoms with Crippen LogP contribution in [-0.4, -0.2) is 22.6 Å². The first kappa shape index (κ1) is 21.2. The van der Waals surface area contributed by atoms with Crippen molar-refractivity contribution in [3.05, 3.63) is 113 Å². The summed E-state index contributed by atoms with van der Waals surface area (Å²) in [7, 11) is 0. The van der Waals surface area contributed by atoms with Gasteiger partial charge in [-0.2, -0.15) is 0 Å². The molecule has 3 aromatic rings. The molecular formula is C27H23NO4. The molecule has 0 N–H and O–H groups in total. The first-order chi connectivity index (χ1) is 15.5. The van der Waals surface area contributed by atoms with E-state index in [-0.39, 0.29) is 18.1 Å². The minimum absolute atomic E-state index is 0.0632. The molecule has 5 heteroatoms. The number of ether oxygens (including phenoxy) is 1. The number of hydrogen-bond donors (Lipinski definition) is 0. The number of rotatable bonds is 6. The SMILES string of the molecule is CC(=O)N1C=Cc2ccccc2C1CC(=O)OC(C(=O)c1ccccc1)c1ccccc1. The summed E-state index contributed by atoms with van der Waals surface area (Å²) in [6.07, 6.45) is 2.41. The van der Waals surface area contributed by atoms with Crippen molar-refractivity contribution in [3.63, 3.8) is 0 Å². The van der Waals surface area contributed by atoms with Crippen LogP contribution >= 0.6 is 0 Å². The van der Waals surface area contributed by atoms with E-state index in [0.717, 1.165) is 11.1 Å². The Morgan fingerprint density at radius 1 is 0.875 bits per heavy atom. The molecule has 0 aliphatic carbocycles. The van der Waals surface area contributed by atoms with Crippen LogP contribution in [0.4, 0.5) is 0 Å². The van der Waals surface area contributed by atoms with Crippen LogP contribution in [0.15, 0.2) is 91.1 Å². The van der Waals surface area contributed by atoms with Gasteiger partial charge in [-0.05, 0) is 17.2 Å². The zero-order valence-electron chi connectivity index (χ0n) is 17.7. The summed E-state index contributed by atoms with van der Waals surface area (Å²) in [5.74, 6) is -1.02. The Labute approximate surface area is 186 Å². The lowest BCUT2D eigenvalue weighted by molar-refractivity contribution is -0.149. The topological polar surface area (TPSA) is 63.7 Å². The van der Waals surface area contributed by atoms with E-state index >= 15 is 0 Å². The van der Waals surface area contributed by atoms with Gasteiger partial charge in [0.25, 0.3) is 0 Å². The molecule has 32 heavy (non-hydrogen) atoms. The van der Waals surface area contributed by atoms with Gasteiger partial charge in [-0.25, -0.2) is 0 Å². The van der Waals surface area contributed by atoms with Crippen molar-refractivity contribution < 1.29 is 19.1 Å². The van der Waals surface area contributed by atoms with E-state index in [4.69, 9.17) is 4.74 Å². The van der Waals surface area contributed by atoms with Crippen LogP contribution < -0.4 is 0 Å². The zero-order valence-corrected chi connectivity index (χ0v) is 17.7. The normalized spacial score (nSPS) is 15.5. The Bertz CT molecular complexity index is 1150. The van der Waals surface area contributed by atoms with E-state index in [1.54, 1.807) is 54.7 Å². The molecule has 1 heterocycles. The number of hydrogen-bond acceptors (Lipinski definition) is 4. The van der Waals surface area contributed by atoms with Crippen LogP contribution in [0.25, 0.3) is 6.08 Å². The predicted molar refractivity (Wildman–Crippen MR) is 121 cm³/mol. The number of benzene rings is 3. The fourth-order valence-electron chi connectivity index (χ4n) is 3.91. The van der Waals surface area contributed by atoms with E-state index in [1.165, 1.54) is 11.8 Å². The van der Waals surface area contributed by atoms with Gasteiger partial charge in [-0.1, -0.05) is 84.9 Å². The summed E-state index contributed by atoms with van der Waals surface area (Å²) in [6.45, 7) is 1.46. The number of esters is 1. The third-order valence-corrected chi connectivity index (χ3v) is 5.48. The maximum absolute atomic E-state index is 13.2. The van der Waals surface area contributed by atoms with E-state index in [1.807, 2.05) is 42.5 Å². The lowest BCUT2D eigenvalue weighted by Gasteiger charge is -2.32. The quantitative estimate of drug-likeness (QED) is 0.406. The molecular weight excluding hydrogens is 402 g/mol. The monoisotopic (exact) mass is 425 g/mol. The summed E-state index contributed by atoms with van der Waals surface area (Å²) in [4.78, 5) is 40.0. The number of Topliss-reactive ketones (excluding diaryl/α,β-unsaturated/α-hetero) is 1. The second kappa shape index (κ2) is 9.43. The minimum Gasteiger partial charge on any atom is -0.449 e. The number of carbonyl (C=O) groups is 3. The highest BCUT2D eigenvalue weighted by atomic mass is 16.5. The molecule has 0 fully saturated rings. The molecule has 5 nitrogen and oxygen atoms in total. The molecule has 0 spiro atoms. The summed E-state index contributed by atoms with van der Waals surface area (Å²) in [6, 6.07) is 24.9. The molecule has 2 atom stereocenters. The fourth-order valence-corrected chi connectivity index (χ4v) is 3.91. The third kappa shape index (κ3) is 4.52. The van der Waals surface area contributed by atoms with Gasteiger partial charge in [0.1, 0.15) is 0 Å². The molecule has 1 amide bonds. The van der Waals surface area contributed by atoms with Gasteiger partial charge in [0.05, 0.1) is 12.5 Å². The van der Waals surface area contributed by atoms with E-state index in [2.05, 4.69) is 0 Å². The van der Waals surface area contributed by atoms with Gasteiger partial charge in [0.15, 0.2) is 6.10 Å². The summed E-state index contributed by atoms with van der Waals surface area (Å²) in [5.41, 5.74) is 2.88. The molecule has 3 aromatic carbocycles. The van der Waals surface area contributed by atoms with Gasteiger partial charge >= 0.3 is 5.97 Å². The highest BCUT2D eigenvalue weighted by molar-refractivity contribution is 6.01. The number of ketones is 1. The van der Waals surface area contributed by atoms with Crippen LogP contribution in [0, 0.1) is 0 Å². The smallest absolute Gasteiger partial charge is 0.309 e. The Balaban J connectivity index is 1.60. The molecule has 0 saturated heterocycles. The number of amides is 1.